The smallest absolute Gasteiger partial charge is 0.321 e. The molecule has 0 atom stereocenters. The number of rotatable bonds is 6. The van der Waals surface area contributed by atoms with Crippen LogP contribution in [-0.4, -0.2) is 38.2 Å². The topological polar surface area (TPSA) is 50.8 Å². The SMILES string of the molecule is COc1ccc(NC(=O)N(C)CCOc2ccc(F)cc2)cc1. The third kappa shape index (κ3) is 5.18. The summed E-state index contributed by atoms with van der Waals surface area (Å²) in [5.74, 6) is 0.979. The molecule has 0 unspecified atom stereocenters. The van der Waals surface area contributed by atoms with Crippen LogP contribution in [0.5, 0.6) is 11.5 Å². The predicted molar refractivity (Wildman–Crippen MR) is 86.5 cm³/mol. The van der Waals surface area contributed by atoms with Gasteiger partial charge in [-0.15, -0.1) is 0 Å². The first-order chi connectivity index (χ1) is 11.1. The minimum atomic E-state index is -0.312. The van der Waals surface area contributed by atoms with Gasteiger partial charge in [-0.3, -0.25) is 0 Å². The monoisotopic (exact) mass is 318 g/mol. The van der Waals surface area contributed by atoms with Gasteiger partial charge in [0, 0.05) is 12.7 Å². The quantitative estimate of drug-likeness (QED) is 0.888. The van der Waals surface area contributed by atoms with Crippen molar-refractivity contribution >= 4 is 11.7 Å². The zero-order valence-electron chi connectivity index (χ0n) is 13.1. The fourth-order valence-corrected chi connectivity index (χ4v) is 1.83. The maximum absolute atomic E-state index is 12.8. The zero-order chi connectivity index (χ0) is 16.7. The van der Waals surface area contributed by atoms with Gasteiger partial charge in [0.05, 0.1) is 13.7 Å². The molecule has 2 aromatic carbocycles. The van der Waals surface area contributed by atoms with Gasteiger partial charge in [0.25, 0.3) is 0 Å². The number of carbonyl (C=O) groups is 1. The first-order valence-electron chi connectivity index (χ1n) is 7.13. The van der Waals surface area contributed by atoms with Crippen LogP contribution in [0.25, 0.3) is 0 Å². The molecule has 2 amide bonds. The van der Waals surface area contributed by atoms with Crippen LogP contribution in [0, 0.1) is 5.82 Å². The molecule has 6 heteroatoms. The molecule has 0 radical (unpaired) electrons. The molecule has 0 saturated heterocycles. The summed E-state index contributed by atoms with van der Waals surface area (Å²) in [6.45, 7) is 0.720. The normalized spacial score (nSPS) is 10.0. The number of hydrogen-bond acceptors (Lipinski definition) is 3. The van der Waals surface area contributed by atoms with Gasteiger partial charge in [0.2, 0.25) is 0 Å². The number of amides is 2. The summed E-state index contributed by atoms with van der Waals surface area (Å²) in [6, 6.07) is 12.6. The van der Waals surface area contributed by atoms with Crippen molar-refractivity contribution in [3.05, 3.63) is 54.3 Å². The summed E-state index contributed by atoms with van der Waals surface area (Å²) in [7, 11) is 3.26. The number of carbonyl (C=O) groups excluding carboxylic acids is 1. The Morgan fingerprint density at radius 3 is 2.30 bits per heavy atom. The van der Waals surface area contributed by atoms with E-state index in [0.29, 0.717) is 24.6 Å². The predicted octanol–water partition coefficient (Wildman–Crippen LogP) is 3.38. The number of methoxy groups -OCH3 is 1. The summed E-state index contributed by atoms with van der Waals surface area (Å²) in [4.78, 5) is 13.5. The number of urea groups is 1. The minimum Gasteiger partial charge on any atom is -0.497 e. The van der Waals surface area contributed by atoms with Crippen molar-refractivity contribution in [2.24, 2.45) is 0 Å². The highest BCUT2D eigenvalue weighted by atomic mass is 19.1. The Bertz CT molecular complexity index is 629. The second kappa shape index (κ2) is 8.03. The lowest BCUT2D eigenvalue weighted by atomic mass is 10.3. The molecule has 0 fully saturated rings. The van der Waals surface area contributed by atoms with Gasteiger partial charge in [-0.25, -0.2) is 9.18 Å². The number of halogens is 1. The van der Waals surface area contributed by atoms with Crippen molar-refractivity contribution in [1.82, 2.24) is 4.90 Å². The molecule has 0 bridgehead atoms. The molecule has 0 spiro atoms. The van der Waals surface area contributed by atoms with E-state index in [1.54, 1.807) is 50.6 Å². The van der Waals surface area contributed by atoms with Crippen molar-refractivity contribution in [2.75, 3.05) is 32.6 Å². The van der Waals surface area contributed by atoms with E-state index in [4.69, 9.17) is 9.47 Å². The standard InChI is InChI=1S/C17H19FN2O3/c1-20(11-12-23-16-7-3-13(18)4-8-16)17(21)19-14-5-9-15(22-2)10-6-14/h3-10H,11-12H2,1-2H3,(H,19,21). The average molecular weight is 318 g/mol. The Kier molecular flexibility index (Phi) is 5.80. The molecule has 5 nitrogen and oxygen atoms in total. The molecule has 0 aromatic heterocycles. The summed E-state index contributed by atoms with van der Waals surface area (Å²) < 4.78 is 23.3. The van der Waals surface area contributed by atoms with Gasteiger partial charge >= 0.3 is 6.03 Å². The van der Waals surface area contributed by atoms with E-state index >= 15 is 0 Å². The Hall–Kier alpha value is -2.76. The highest BCUT2D eigenvalue weighted by molar-refractivity contribution is 5.89. The Morgan fingerprint density at radius 1 is 1.09 bits per heavy atom. The van der Waals surface area contributed by atoms with Crippen LogP contribution in [0.4, 0.5) is 14.9 Å². The lowest BCUT2D eigenvalue weighted by molar-refractivity contribution is 0.207. The van der Waals surface area contributed by atoms with Gasteiger partial charge in [-0.1, -0.05) is 0 Å². The van der Waals surface area contributed by atoms with Crippen LogP contribution in [0.1, 0.15) is 0 Å². The number of anilines is 1. The Labute approximate surface area is 134 Å². The first kappa shape index (κ1) is 16.6. The molecule has 1 N–H and O–H groups in total. The van der Waals surface area contributed by atoms with E-state index in [1.807, 2.05) is 0 Å². The van der Waals surface area contributed by atoms with Crippen molar-refractivity contribution in [2.45, 2.75) is 0 Å². The maximum atomic E-state index is 12.8. The first-order valence-corrected chi connectivity index (χ1v) is 7.13. The van der Waals surface area contributed by atoms with Crippen LogP contribution in [0.3, 0.4) is 0 Å². The molecule has 2 rings (SSSR count). The molecule has 0 saturated carbocycles. The minimum absolute atomic E-state index is 0.238. The number of nitrogens with one attached hydrogen (secondary N) is 1. The Balaban J connectivity index is 1.76. The van der Waals surface area contributed by atoms with Crippen LogP contribution in [0.2, 0.25) is 0 Å². The number of hydrogen-bond donors (Lipinski definition) is 1. The van der Waals surface area contributed by atoms with E-state index in [2.05, 4.69) is 5.32 Å². The van der Waals surface area contributed by atoms with Crippen molar-refractivity contribution in [1.29, 1.82) is 0 Å². The van der Waals surface area contributed by atoms with Crippen molar-refractivity contribution in [3.63, 3.8) is 0 Å². The van der Waals surface area contributed by atoms with Crippen LogP contribution >= 0.6 is 0 Å². The molecule has 0 aliphatic carbocycles. The summed E-state index contributed by atoms with van der Waals surface area (Å²) in [6.07, 6.45) is 0. The van der Waals surface area contributed by atoms with E-state index in [0.717, 1.165) is 5.75 Å². The molecular formula is C17H19FN2O3. The van der Waals surface area contributed by atoms with Gasteiger partial charge < -0.3 is 19.7 Å². The van der Waals surface area contributed by atoms with E-state index in [9.17, 15) is 9.18 Å². The van der Waals surface area contributed by atoms with Crippen molar-refractivity contribution in [3.8, 4) is 11.5 Å². The molecule has 0 heterocycles. The summed E-state index contributed by atoms with van der Waals surface area (Å²) in [5.41, 5.74) is 0.683. The molecule has 23 heavy (non-hydrogen) atoms. The second-order valence-electron chi connectivity index (χ2n) is 4.88. The lowest BCUT2D eigenvalue weighted by Crippen LogP contribution is -2.34. The molecule has 0 aliphatic rings. The molecule has 0 aliphatic heterocycles. The zero-order valence-corrected chi connectivity index (χ0v) is 13.1. The van der Waals surface area contributed by atoms with Crippen LogP contribution in [-0.2, 0) is 0 Å². The third-order valence-corrected chi connectivity index (χ3v) is 3.20. The lowest BCUT2D eigenvalue weighted by Gasteiger charge is -2.18. The van der Waals surface area contributed by atoms with E-state index in [-0.39, 0.29) is 11.8 Å². The summed E-state index contributed by atoms with van der Waals surface area (Å²) in [5, 5.41) is 2.78. The van der Waals surface area contributed by atoms with Crippen LogP contribution in [0.15, 0.2) is 48.5 Å². The molecular weight excluding hydrogens is 299 g/mol. The van der Waals surface area contributed by atoms with Gasteiger partial charge in [0.1, 0.15) is 23.9 Å². The fraction of sp³-hybridized carbons (Fsp3) is 0.235. The second-order valence-corrected chi connectivity index (χ2v) is 4.88. The molecule has 122 valence electrons. The maximum Gasteiger partial charge on any atom is 0.321 e. The number of likely N-dealkylation sites (N-methyl/N-ethyl adjacent to an activating group) is 1. The number of benzene rings is 2. The van der Waals surface area contributed by atoms with Gasteiger partial charge in [-0.2, -0.15) is 0 Å². The average Bonchev–Trinajstić information content (AvgIpc) is 2.57. The van der Waals surface area contributed by atoms with Crippen LogP contribution < -0.4 is 14.8 Å². The number of ether oxygens (including phenoxy) is 2. The molecule has 2 aromatic rings. The fourth-order valence-electron chi connectivity index (χ4n) is 1.83. The van der Waals surface area contributed by atoms with Crippen molar-refractivity contribution < 1.29 is 18.7 Å². The largest absolute Gasteiger partial charge is 0.497 e. The highest BCUT2D eigenvalue weighted by Gasteiger charge is 2.09. The van der Waals surface area contributed by atoms with E-state index < -0.39 is 0 Å². The third-order valence-electron chi connectivity index (χ3n) is 3.20. The Morgan fingerprint density at radius 2 is 1.70 bits per heavy atom. The highest BCUT2D eigenvalue weighted by Crippen LogP contribution is 2.15. The summed E-state index contributed by atoms with van der Waals surface area (Å²) >= 11 is 0. The van der Waals surface area contributed by atoms with Gasteiger partial charge in [-0.05, 0) is 48.5 Å². The van der Waals surface area contributed by atoms with E-state index in [1.165, 1.54) is 17.0 Å². The number of nitrogens with zero attached hydrogens (tertiary/aromatic N) is 1. The van der Waals surface area contributed by atoms with Gasteiger partial charge in [0.15, 0.2) is 0 Å².